The van der Waals surface area contributed by atoms with Gasteiger partial charge in [0.1, 0.15) is 0 Å². The third-order valence-electron chi connectivity index (χ3n) is 2.42. The summed E-state index contributed by atoms with van der Waals surface area (Å²) in [6.07, 6.45) is 5.32. The van der Waals surface area contributed by atoms with Crippen LogP contribution < -0.4 is 5.32 Å². The molecule has 1 aliphatic carbocycles. The first-order valence-electron chi connectivity index (χ1n) is 4.85. The molecule has 76 valence electrons. The number of nitrogens with one attached hydrogen (secondary N) is 1. The Morgan fingerprint density at radius 2 is 2.31 bits per heavy atom. The lowest BCUT2D eigenvalue weighted by Crippen LogP contribution is -2.45. The number of rotatable bonds is 7. The molecule has 3 nitrogen and oxygen atoms in total. The van der Waals surface area contributed by atoms with Gasteiger partial charge in [-0.25, -0.2) is 0 Å². The summed E-state index contributed by atoms with van der Waals surface area (Å²) in [7, 11) is 1.78. The zero-order chi connectivity index (χ0) is 9.52. The van der Waals surface area contributed by atoms with E-state index in [0.29, 0.717) is 12.1 Å². The Kier molecular flexibility index (Phi) is 4.86. The number of hydrogen-bond acceptors (Lipinski definition) is 3. The van der Waals surface area contributed by atoms with Gasteiger partial charge in [-0.1, -0.05) is 6.58 Å². The van der Waals surface area contributed by atoms with Gasteiger partial charge < -0.3 is 14.8 Å². The molecule has 3 heteroatoms. The van der Waals surface area contributed by atoms with Gasteiger partial charge in [0.2, 0.25) is 0 Å². The van der Waals surface area contributed by atoms with E-state index in [4.69, 9.17) is 9.47 Å². The minimum atomic E-state index is 0.488. The van der Waals surface area contributed by atoms with Crippen molar-refractivity contribution in [3.63, 3.8) is 0 Å². The van der Waals surface area contributed by atoms with E-state index in [-0.39, 0.29) is 0 Å². The molecule has 0 saturated heterocycles. The molecule has 1 N–H and O–H groups in total. The van der Waals surface area contributed by atoms with E-state index < -0.39 is 0 Å². The predicted molar refractivity (Wildman–Crippen MR) is 52.6 cm³/mol. The van der Waals surface area contributed by atoms with Crippen molar-refractivity contribution in [2.45, 2.75) is 31.4 Å². The highest BCUT2D eigenvalue weighted by atomic mass is 16.5. The number of ether oxygens (including phenoxy) is 2. The minimum Gasteiger partial charge on any atom is -0.502 e. The molecule has 0 amide bonds. The molecule has 1 rings (SSSR count). The van der Waals surface area contributed by atoms with E-state index in [0.717, 1.165) is 32.4 Å². The maximum Gasteiger partial charge on any atom is 0.0885 e. The van der Waals surface area contributed by atoms with Gasteiger partial charge in [0.05, 0.1) is 19.0 Å². The summed E-state index contributed by atoms with van der Waals surface area (Å²) in [6.45, 7) is 5.27. The molecule has 0 aliphatic heterocycles. The largest absolute Gasteiger partial charge is 0.502 e. The second kappa shape index (κ2) is 6.00. The van der Waals surface area contributed by atoms with Gasteiger partial charge in [-0.3, -0.25) is 0 Å². The maximum atomic E-state index is 5.18. The van der Waals surface area contributed by atoms with Crippen molar-refractivity contribution in [1.82, 2.24) is 5.32 Å². The van der Waals surface area contributed by atoms with Crippen LogP contribution in [0.4, 0.5) is 0 Å². The van der Waals surface area contributed by atoms with E-state index in [1.54, 1.807) is 7.11 Å². The summed E-state index contributed by atoms with van der Waals surface area (Å²) < 4.78 is 10.2. The summed E-state index contributed by atoms with van der Waals surface area (Å²) in [5, 5.41) is 3.45. The molecule has 0 radical (unpaired) electrons. The van der Waals surface area contributed by atoms with Crippen LogP contribution in [0.15, 0.2) is 12.8 Å². The predicted octanol–water partition coefficient (Wildman–Crippen LogP) is 1.30. The Labute approximate surface area is 80.1 Å². The van der Waals surface area contributed by atoms with Crippen LogP contribution in [-0.2, 0) is 9.47 Å². The number of hydrogen-bond donors (Lipinski definition) is 1. The first-order chi connectivity index (χ1) is 6.36. The van der Waals surface area contributed by atoms with Crippen LogP contribution >= 0.6 is 0 Å². The molecule has 13 heavy (non-hydrogen) atoms. The standard InChI is InChI=1S/C10H19NO2/c1-3-13-6-4-5-11-9-7-10(8-9)12-2/h3,9-11H,1,4-8H2,2H3. The molecule has 0 heterocycles. The van der Waals surface area contributed by atoms with E-state index in [1.165, 1.54) is 6.26 Å². The lowest BCUT2D eigenvalue weighted by Gasteiger charge is -2.34. The SMILES string of the molecule is C=COCCCNC1CC(OC)C1. The normalized spacial score (nSPS) is 26.5. The quantitative estimate of drug-likeness (QED) is 0.479. The highest BCUT2D eigenvalue weighted by Gasteiger charge is 2.27. The fourth-order valence-electron chi connectivity index (χ4n) is 1.47. The maximum absolute atomic E-state index is 5.18. The van der Waals surface area contributed by atoms with Crippen molar-refractivity contribution >= 4 is 0 Å². The molecule has 1 aliphatic rings. The second-order valence-corrected chi connectivity index (χ2v) is 3.37. The molecule has 0 aromatic rings. The number of methoxy groups -OCH3 is 1. The molecular formula is C10H19NO2. The van der Waals surface area contributed by atoms with Crippen molar-refractivity contribution in [1.29, 1.82) is 0 Å². The van der Waals surface area contributed by atoms with Crippen LogP contribution in [0.2, 0.25) is 0 Å². The molecule has 1 saturated carbocycles. The highest BCUT2D eigenvalue weighted by molar-refractivity contribution is 4.85. The first kappa shape index (κ1) is 10.5. The topological polar surface area (TPSA) is 30.5 Å². The van der Waals surface area contributed by atoms with E-state index in [9.17, 15) is 0 Å². The fourth-order valence-corrected chi connectivity index (χ4v) is 1.47. The molecule has 0 bridgehead atoms. The minimum absolute atomic E-state index is 0.488. The summed E-state index contributed by atoms with van der Waals surface area (Å²) in [5.74, 6) is 0. The molecule has 0 aromatic heterocycles. The third-order valence-corrected chi connectivity index (χ3v) is 2.42. The zero-order valence-electron chi connectivity index (χ0n) is 8.29. The Hall–Kier alpha value is -0.540. The summed E-state index contributed by atoms with van der Waals surface area (Å²) >= 11 is 0. The third kappa shape index (κ3) is 3.79. The van der Waals surface area contributed by atoms with Crippen molar-refractivity contribution in [3.8, 4) is 0 Å². The summed E-state index contributed by atoms with van der Waals surface area (Å²) in [4.78, 5) is 0. The molecule has 0 aromatic carbocycles. The average molecular weight is 185 g/mol. The molecule has 0 unspecified atom stereocenters. The zero-order valence-corrected chi connectivity index (χ0v) is 8.29. The van der Waals surface area contributed by atoms with Crippen molar-refractivity contribution in [3.05, 3.63) is 12.8 Å². The summed E-state index contributed by atoms with van der Waals surface area (Å²) in [5.41, 5.74) is 0. The molecule has 1 fully saturated rings. The van der Waals surface area contributed by atoms with E-state index in [1.807, 2.05) is 0 Å². The Bertz CT molecular complexity index is 144. The fraction of sp³-hybridized carbons (Fsp3) is 0.800. The lowest BCUT2D eigenvalue weighted by atomic mass is 9.89. The van der Waals surface area contributed by atoms with Gasteiger partial charge in [0, 0.05) is 13.2 Å². The summed E-state index contributed by atoms with van der Waals surface area (Å²) in [6, 6.07) is 0.661. The Balaban J connectivity index is 1.82. The monoisotopic (exact) mass is 185 g/mol. The second-order valence-electron chi connectivity index (χ2n) is 3.37. The van der Waals surface area contributed by atoms with Gasteiger partial charge >= 0.3 is 0 Å². The van der Waals surface area contributed by atoms with Crippen molar-refractivity contribution in [2.24, 2.45) is 0 Å². The molecule has 0 spiro atoms. The van der Waals surface area contributed by atoms with Crippen molar-refractivity contribution in [2.75, 3.05) is 20.3 Å². The smallest absolute Gasteiger partial charge is 0.0885 e. The van der Waals surface area contributed by atoms with E-state index >= 15 is 0 Å². The van der Waals surface area contributed by atoms with Crippen LogP contribution in [-0.4, -0.2) is 32.4 Å². The van der Waals surface area contributed by atoms with Gasteiger partial charge in [-0.15, -0.1) is 0 Å². The highest BCUT2D eigenvalue weighted by Crippen LogP contribution is 2.22. The van der Waals surface area contributed by atoms with Crippen LogP contribution in [0.3, 0.4) is 0 Å². The van der Waals surface area contributed by atoms with E-state index in [2.05, 4.69) is 11.9 Å². The lowest BCUT2D eigenvalue weighted by molar-refractivity contribution is 0.0172. The first-order valence-corrected chi connectivity index (χ1v) is 4.85. The van der Waals surface area contributed by atoms with Gasteiger partial charge in [-0.2, -0.15) is 0 Å². The van der Waals surface area contributed by atoms with Crippen LogP contribution in [0.5, 0.6) is 0 Å². The average Bonchev–Trinajstić information content (AvgIpc) is 2.08. The van der Waals surface area contributed by atoms with Crippen LogP contribution in [0.25, 0.3) is 0 Å². The molecular weight excluding hydrogens is 166 g/mol. The van der Waals surface area contributed by atoms with Crippen molar-refractivity contribution < 1.29 is 9.47 Å². The van der Waals surface area contributed by atoms with Gasteiger partial charge in [0.15, 0.2) is 0 Å². The Morgan fingerprint density at radius 1 is 1.54 bits per heavy atom. The van der Waals surface area contributed by atoms with Crippen LogP contribution in [0, 0.1) is 0 Å². The van der Waals surface area contributed by atoms with Gasteiger partial charge in [-0.05, 0) is 25.8 Å². The molecule has 0 atom stereocenters. The Morgan fingerprint density at radius 3 is 2.92 bits per heavy atom. The van der Waals surface area contributed by atoms with Crippen LogP contribution in [0.1, 0.15) is 19.3 Å². The van der Waals surface area contributed by atoms with Gasteiger partial charge in [0.25, 0.3) is 0 Å².